The van der Waals surface area contributed by atoms with Gasteiger partial charge < -0.3 is 10.1 Å². The first-order valence-electron chi connectivity index (χ1n) is 10.2. The smallest absolute Gasteiger partial charge is 0.240 e. The van der Waals surface area contributed by atoms with E-state index < -0.39 is 10.0 Å². The second-order valence-corrected chi connectivity index (χ2v) is 9.77. The summed E-state index contributed by atoms with van der Waals surface area (Å²) >= 11 is 5.78. The van der Waals surface area contributed by atoms with Gasteiger partial charge in [0.25, 0.3) is 0 Å². The predicted octanol–water partition coefficient (Wildman–Crippen LogP) is 3.43. The number of methoxy groups -OCH3 is 1. The molecule has 0 aliphatic heterocycles. The van der Waals surface area contributed by atoms with Crippen molar-refractivity contribution < 1.29 is 13.2 Å². The van der Waals surface area contributed by atoms with Crippen molar-refractivity contribution in [2.75, 3.05) is 20.7 Å². The number of pyridine rings is 1. The van der Waals surface area contributed by atoms with Gasteiger partial charge in [-0.3, -0.25) is 4.98 Å². The van der Waals surface area contributed by atoms with Crippen molar-refractivity contribution in [1.82, 2.24) is 15.0 Å². The molecule has 1 heterocycles. The molecule has 0 spiro atoms. The van der Waals surface area contributed by atoms with E-state index in [1.165, 1.54) is 0 Å². The highest BCUT2D eigenvalue weighted by molar-refractivity contribution is 7.89. The molecule has 1 saturated carbocycles. The number of likely N-dealkylation sites (N-methyl/N-ethyl adjacent to an activating group) is 1. The Labute approximate surface area is 184 Å². The van der Waals surface area contributed by atoms with Gasteiger partial charge in [-0.05, 0) is 61.1 Å². The maximum Gasteiger partial charge on any atom is 0.240 e. The van der Waals surface area contributed by atoms with Crippen LogP contribution >= 0.6 is 12.2 Å². The molecule has 1 fully saturated rings. The standard InChI is InChI=1S/C22H29N3O3S2/c1-23-21(29)22(18-7-5-14-24-16-18)13-4-3-6-17(22)12-15-25-30(26,27)20-10-8-19(28-2)9-11-20/h5,7-11,14,16-17,25H,3-4,6,12-13,15H2,1-2H3,(H,23,29)/t17-,22+/m1/s1. The van der Waals surface area contributed by atoms with Gasteiger partial charge in [-0.25, -0.2) is 13.1 Å². The summed E-state index contributed by atoms with van der Waals surface area (Å²) in [5.74, 6) is 0.854. The quantitative estimate of drug-likeness (QED) is 0.604. The van der Waals surface area contributed by atoms with Gasteiger partial charge in [-0.1, -0.05) is 31.1 Å². The summed E-state index contributed by atoms with van der Waals surface area (Å²) < 4.78 is 33.2. The van der Waals surface area contributed by atoms with Gasteiger partial charge in [0.2, 0.25) is 10.0 Å². The van der Waals surface area contributed by atoms with Crippen molar-refractivity contribution >= 4 is 27.2 Å². The molecule has 162 valence electrons. The summed E-state index contributed by atoms with van der Waals surface area (Å²) in [6.07, 6.45) is 8.50. The average molecular weight is 448 g/mol. The van der Waals surface area contributed by atoms with Crippen LogP contribution in [-0.4, -0.2) is 39.1 Å². The Morgan fingerprint density at radius 3 is 2.67 bits per heavy atom. The molecule has 8 heteroatoms. The van der Waals surface area contributed by atoms with Crippen molar-refractivity contribution in [3.05, 3.63) is 54.4 Å². The number of benzene rings is 1. The Kier molecular flexibility index (Phi) is 7.44. The van der Waals surface area contributed by atoms with Crippen LogP contribution in [0, 0.1) is 5.92 Å². The SMILES string of the molecule is CNC(=S)[C@@]1(c2cccnc2)CCCC[C@@H]1CCNS(=O)(=O)c1ccc(OC)cc1. The largest absolute Gasteiger partial charge is 0.497 e. The van der Waals surface area contributed by atoms with Gasteiger partial charge in [-0.15, -0.1) is 0 Å². The molecule has 2 atom stereocenters. The van der Waals surface area contributed by atoms with E-state index in [0.717, 1.165) is 36.2 Å². The number of nitrogens with zero attached hydrogens (tertiary/aromatic N) is 1. The van der Waals surface area contributed by atoms with Crippen molar-refractivity contribution in [2.45, 2.75) is 42.4 Å². The zero-order valence-corrected chi connectivity index (χ0v) is 19.1. The lowest BCUT2D eigenvalue weighted by molar-refractivity contribution is 0.239. The Hall–Kier alpha value is -2.03. The number of thiocarbonyl (C=S) groups is 1. The third kappa shape index (κ3) is 4.66. The van der Waals surface area contributed by atoms with E-state index in [1.54, 1.807) is 37.6 Å². The van der Waals surface area contributed by atoms with Crippen LogP contribution in [0.4, 0.5) is 0 Å². The molecule has 0 amide bonds. The number of aromatic nitrogens is 1. The maximum absolute atomic E-state index is 12.7. The van der Waals surface area contributed by atoms with E-state index in [1.807, 2.05) is 19.3 Å². The minimum absolute atomic E-state index is 0.231. The summed E-state index contributed by atoms with van der Waals surface area (Å²) in [6.45, 7) is 0.355. The Morgan fingerprint density at radius 2 is 2.03 bits per heavy atom. The predicted molar refractivity (Wildman–Crippen MR) is 122 cm³/mol. The van der Waals surface area contributed by atoms with Crippen LogP contribution in [0.5, 0.6) is 5.75 Å². The molecule has 2 aromatic rings. The lowest BCUT2D eigenvalue weighted by Gasteiger charge is -2.45. The molecular formula is C22H29N3O3S2. The highest BCUT2D eigenvalue weighted by atomic mass is 32.2. The van der Waals surface area contributed by atoms with E-state index in [4.69, 9.17) is 17.0 Å². The zero-order valence-electron chi connectivity index (χ0n) is 17.4. The molecule has 2 N–H and O–H groups in total. The van der Waals surface area contributed by atoms with E-state index in [9.17, 15) is 8.42 Å². The fraction of sp³-hybridized carbons (Fsp3) is 0.455. The minimum Gasteiger partial charge on any atom is -0.497 e. The first-order chi connectivity index (χ1) is 14.4. The molecule has 1 aliphatic rings. The number of sulfonamides is 1. The first kappa shape index (κ1) is 22.7. The van der Waals surface area contributed by atoms with Crippen molar-refractivity contribution in [1.29, 1.82) is 0 Å². The fourth-order valence-electron chi connectivity index (χ4n) is 4.50. The molecule has 1 aliphatic carbocycles. The van der Waals surface area contributed by atoms with E-state index in [2.05, 4.69) is 21.1 Å². The van der Waals surface area contributed by atoms with Gasteiger partial charge in [0.15, 0.2) is 0 Å². The number of hydrogen-bond acceptors (Lipinski definition) is 5. The molecule has 1 aromatic carbocycles. The maximum atomic E-state index is 12.7. The molecule has 3 rings (SSSR count). The van der Waals surface area contributed by atoms with Gasteiger partial charge >= 0.3 is 0 Å². The third-order valence-electron chi connectivity index (χ3n) is 6.03. The number of hydrogen-bond donors (Lipinski definition) is 2. The highest BCUT2D eigenvalue weighted by Crippen LogP contribution is 2.46. The number of nitrogens with one attached hydrogen (secondary N) is 2. The molecule has 30 heavy (non-hydrogen) atoms. The van der Waals surface area contributed by atoms with Gasteiger partial charge in [0.05, 0.1) is 17.0 Å². The van der Waals surface area contributed by atoms with Crippen molar-refractivity contribution in [3.63, 3.8) is 0 Å². The van der Waals surface area contributed by atoms with E-state index in [0.29, 0.717) is 18.7 Å². The van der Waals surface area contributed by atoms with Gasteiger partial charge in [0.1, 0.15) is 5.75 Å². The summed E-state index contributed by atoms with van der Waals surface area (Å²) in [5, 5.41) is 3.20. The number of rotatable bonds is 8. The molecular weight excluding hydrogens is 418 g/mol. The van der Waals surface area contributed by atoms with E-state index in [-0.39, 0.29) is 16.2 Å². The highest BCUT2D eigenvalue weighted by Gasteiger charge is 2.45. The second-order valence-electron chi connectivity index (χ2n) is 7.60. The summed E-state index contributed by atoms with van der Waals surface area (Å²) in [4.78, 5) is 5.36. The first-order valence-corrected chi connectivity index (χ1v) is 12.1. The fourth-order valence-corrected chi connectivity index (χ4v) is 5.94. The molecule has 6 nitrogen and oxygen atoms in total. The Bertz CT molecular complexity index is 949. The minimum atomic E-state index is -3.58. The van der Waals surface area contributed by atoms with Crippen LogP contribution in [0.1, 0.15) is 37.7 Å². The lowest BCUT2D eigenvalue weighted by Crippen LogP contribution is -2.50. The molecule has 0 unspecified atom stereocenters. The summed E-state index contributed by atoms with van der Waals surface area (Å²) in [5.41, 5.74) is 0.786. The monoisotopic (exact) mass is 447 g/mol. The Morgan fingerprint density at radius 1 is 1.27 bits per heavy atom. The molecule has 0 saturated heterocycles. The summed E-state index contributed by atoms with van der Waals surface area (Å²) in [7, 11) is -0.169. The van der Waals surface area contributed by atoms with Crippen LogP contribution in [0.2, 0.25) is 0 Å². The lowest BCUT2D eigenvalue weighted by atomic mass is 9.61. The van der Waals surface area contributed by atoms with Crippen LogP contribution in [0.3, 0.4) is 0 Å². The molecule has 1 aromatic heterocycles. The average Bonchev–Trinajstić information content (AvgIpc) is 2.79. The van der Waals surface area contributed by atoms with Crippen LogP contribution in [0.15, 0.2) is 53.7 Å². The summed E-state index contributed by atoms with van der Waals surface area (Å²) in [6, 6.07) is 10.4. The number of ether oxygens (including phenoxy) is 1. The van der Waals surface area contributed by atoms with Crippen LogP contribution in [-0.2, 0) is 15.4 Å². The molecule has 0 radical (unpaired) electrons. The van der Waals surface area contributed by atoms with Gasteiger partial charge in [-0.2, -0.15) is 0 Å². The van der Waals surface area contributed by atoms with Crippen LogP contribution in [0.25, 0.3) is 0 Å². The van der Waals surface area contributed by atoms with Crippen molar-refractivity contribution in [2.24, 2.45) is 5.92 Å². The van der Waals surface area contributed by atoms with Crippen LogP contribution < -0.4 is 14.8 Å². The third-order valence-corrected chi connectivity index (χ3v) is 8.08. The molecule has 0 bridgehead atoms. The van der Waals surface area contributed by atoms with Gasteiger partial charge in [0, 0.05) is 31.4 Å². The second kappa shape index (κ2) is 9.85. The topological polar surface area (TPSA) is 80.3 Å². The normalized spacial score (nSPS) is 21.7. The Balaban J connectivity index is 1.77. The van der Waals surface area contributed by atoms with Crippen molar-refractivity contribution in [3.8, 4) is 5.75 Å². The van der Waals surface area contributed by atoms with E-state index >= 15 is 0 Å². The zero-order chi connectivity index (χ0) is 21.6.